The van der Waals surface area contributed by atoms with Crippen molar-refractivity contribution < 1.29 is 9.47 Å². The molecular weight excluding hydrogens is 380 g/mol. The lowest BCUT2D eigenvalue weighted by Gasteiger charge is -2.05. The van der Waals surface area contributed by atoms with Gasteiger partial charge in [0, 0.05) is 0 Å². The maximum absolute atomic E-state index is 5.63. The van der Waals surface area contributed by atoms with Crippen molar-refractivity contribution in [2.75, 3.05) is 6.61 Å². The Balaban J connectivity index is 0.000000291. The smallest absolute Gasteiger partial charge is 0.127 e. The third-order valence-corrected chi connectivity index (χ3v) is 4.48. The Hall–Kier alpha value is -3.00. The Labute approximate surface area is 189 Å². The highest BCUT2D eigenvalue weighted by Gasteiger charge is 1.94. The van der Waals surface area contributed by atoms with Gasteiger partial charge in [-0.2, -0.15) is 0 Å². The largest absolute Gasteiger partial charge is 0.494 e. The molecule has 0 radical (unpaired) electrons. The fraction of sp³-hybridized carbons (Fsp3) is 0.310. The second kappa shape index (κ2) is 19.0. The van der Waals surface area contributed by atoms with Crippen LogP contribution in [-0.4, -0.2) is 6.61 Å². The molecule has 0 atom stereocenters. The molecule has 0 aliphatic rings. The molecule has 0 saturated carbocycles. The van der Waals surface area contributed by atoms with Crippen LogP contribution in [0.4, 0.5) is 0 Å². The summed E-state index contributed by atoms with van der Waals surface area (Å²) in [5.74, 6) is 2.73. The fourth-order valence-corrected chi connectivity index (χ4v) is 2.88. The summed E-state index contributed by atoms with van der Waals surface area (Å²) >= 11 is 0. The Bertz CT molecular complexity index is 704. The van der Waals surface area contributed by atoms with Crippen LogP contribution < -0.4 is 9.47 Å². The minimum atomic E-state index is 0.859. The first-order valence-electron chi connectivity index (χ1n) is 11.3. The molecule has 0 bridgehead atoms. The highest BCUT2D eigenvalue weighted by molar-refractivity contribution is 5.30. The number of benzene rings is 3. The van der Waals surface area contributed by atoms with Crippen molar-refractivity contribution in [3.63, 3.8) is 0 Å². The lowest BCUT2D eigenvalue weighted by Crippen LogP contribution is -1.96. The quantitative estimate of drug-likeness (QED) is 0.228. The molecule has 0 N–H and O–H groups in total. The van der Waals surface area contributed by atoms with E-state index in [-0.39, 0.29) is 0 Å². The zero-order valence-electron chi connectivity index (χ0n) is 19.0. The van der Waals surface area contributed by atoms with E-state index in [1.807, 2.05) is 91.0 Å². The van der Waals surface area contributed by atoms with E-state index >= 15 is 0 Å². The van der Waals surface area contributed by atoms with Crippen LogP contribution in [0.2, 0.25) is 0 Å². The van der Waals surface area contributed by atoms with Gasteiger partial charge >= 0.3 is 0 Å². The van der Waals surface area contributed by atoms with E-state index in [4.69, 9.17) is 9.47 Å². The summed E-state index contributed by atoms with van der Waals surface area (Å²) in [4.78, 5) is 0. The summed E-state index contributed by atoms with van der Waals surface area (Å²) in [6, 6.07) is 29.6. The van der Waals surface area contributed by atoms with Crippen molar-refractivity contribution in [3.05, 3.63) is 104 Å². The van der Waals surface area contributed by atoms with E-state index in [1.165, 1.54) is 44.9 Å². The van der Waals surface area contributed by atoms with Gasteiger partial charge in [0.05, 0.1) is 6.61 Å². The van der Waals surface area contributed by atoms with Crippen LogP contribution in [0, 0.1) is 0 Å². The molecule has 31 heavy (non-hydrogen) atoms. The molecule has 0 unspecified atom stereocenters. The molecule has 3 rings (SSSR count). The average Bonchev–Trinajstić information content (AvgIpc) is 2.84. The van der Waals surface area contributed by atoms with Crippen LogP contribution in [-0.2, 0) is 0 Å². The van der Waals surface area contributed by atoms with Gasteiger partial charge in [0.25, 0.3) is 0 Å². The minimum Gasteiger partial charge on any atom is -0.494 e. The summed E-state index contributed by atoms with van der Waals surface area (Å²) in [5.41, 5.74) is 0. The van der Waals surface area contributed by atoms with E-state index in [2.05, 4.69) is 20.1 Å². The van der Waals surface area contributed by atoms with Crippen molar-refractivity contribution >= 4 is 0 Å². The summed E-state index contributed by atoms with van der Waals surface area (Å²) in [6.45, 7) is 9.12. The Morgan fingerprint density at radius 1 is 0.516 bits per heavy atom. The first-order chi connectivity index (χ1) is 15.4. The molecule has 0 amide bonds. The summed E-state index contributed by atoms with van der Waals surface area (Å²) in [7, 11) is 0. The molecule has 0 aromatic heterocycles. The first kappa shape index (κ1) is 26.0. The molecule has 0 saturated heterocycles. The molecular formula is C29H38O2. The summed E-state index contributed by atoms with van der Waals surface area (Å²) in [5, 5.41) is 0. The number of hydrogen-bond donors (Lipinski definition) is 0. The standard InChI is InChI=1S/C15H24O.C12H10O.C2H4/c1-2-3-4-5-6-7-11-14-16-15-12-9-8-10-13-15;1-3-7-11(8-4-1)13-12-9-5-2-6-10-12;1-2/h8-10,12-13H,2-7,11,14H2,1H3;1-10H;1-2H2. The number of unbranched alkanes of at least 4 members (excludes halogenated alkanes) is 6. The monoisotopic (exact) mass is 418 g/mol. The lowest BCUT2D eigenvalue weighted by molar-refractivity contribution is 0.304. The second-order valence-corrected chi connectivity index (χ2v) is 7.01. The molecule has 0 spiro atoms. The van der Waals surface area contributed by atoms with Crippen molar-refractivity contribution in [2.24, 2.45) is 0 Å². The molecule has 0 heterocycles. The maximum atomic E-state index is 5.63. The van der Waals surface area contributed by atoms with E-state index < -0.39 is 0 Å². The van der Waals surface area contributed by atoms with Gasteiger partial charge in [-0.05, 0) is 42.8 Å². The average molecular weight is 419 g/mol. The lowest BCUT2D eigenvalue weighted by atomic mass is 10.1. The Morgan fingerprint density at radius 2 is 0.903 bits per heavy atom. The van der Waals surface area contributed by atoms with E-state index in [0.29, 0.717) is 0 Å². The van der Waals surface area contributed by atoms with E-state index in [9.17, 15) is 0 Å². The third-order valence-electron chi connectivity index (χ3n) is 4.48. The van der Waals surface area contributed by atoms with Crippen molar-refractivity contribution in [2.45, 2.75) is 51.9 Å². The van der Waals surface area contributed by atoms with Crippen molar-refractivity contribution in [1.29, 1.82) is 0 Å². The van der Waals surface area contributed by atoms with Gasteiger partial charge < -0.3 is 9.47 Å². The number of rotatable bonds is 11. The zero-order chi connectivity index (χ0) is 22.4. The molecule has 2 heteroatoms. The van der Waals surface area contributed by atoms with Crippen LogP contribution in [0.1, 0.15) is 51.9 Å². The molecule has 3 aromatic carbocycles. The first-order valence-corrected chi connectivity index (χ1v) is 11.3. The van der Waals surface area contributed by atoms with Crippen LogP contribution in [0.5, 0.6) is 17.2 Å². The highest BCUT2D eigenvalue weighted by Crippen LogP contribution is 2.19. The fourth-order valence-electron chi connectivity index (χ4n) is 2.88. The van der Waals surface area contributed by atoms with Gasteiger partial charge in [-0.25, -0.2) is 0 Å². The Morgan fingerprint density at radius 3 is 1.35 bits per heavy atom. The molecule has 166 valence electrons. The van der Waals surface area contributed by atoms with Gasteiger partial charge in [0.2, 0.25) is 0 Å². The SMILES string of the molecule is C=C.CCCCCCCCCOc1ccccc1.c1ccc(Oc2ccccc2)cc1. The van der Waals surface area contributed by atoms with Crippen molar-refractivity contribution in [1.82, 2.24) is 0 Å². The predicted octanol–water partition coefficient (Wildman–Crippen LogP) is 9.10. The zero-order valence-corrected chi connectivity index (χ0v) is 19.0. The van der Waals surface area contributed by atoms with Crippen LogP contribution in [0.25, 0.3) is 0 Å². The topological polar surface area (TPSA) is 18.5 Å². The van der Waals surface area contributed by atoms with E-state index in [1.54, 1.807) is 0 Å². The van der Waals surface area contributed by atoms with Gasteiger partial charge in [0.15, 0.2) is 0 Å². The highest BCUT2D eigenvalue weighted by atomic mass is 16.5. The molecule has 0 aliphatic carbocycles. The van der Waals surface area contributed by atoms with E-state index in [0.717, 1.165) is 23.9 Å². The maximum Gasteiger partial charge on any atom is 0.127 e. The summed E-state index contributed by atoms with van der Waals surface area (Å²) < 4.78 is 11.2. The minimum absolute atomic E-state index is 0.859. The Kier molecular flexibility index (Phi) is 16.0. The van der Waals surface area contributed by atoms with Gasteiger partial charge in [-0.1, -0.05) is 100 Å². The van der Waals surface area contributed by atoms with Crippen molar-refractivity contribution in [3.8, 4) is 17.2 Å². The normalized spacial score (nSPS) is 9.45. The number of hydrogen-bond acceptors (Lipinski definition) is 2. The van der Waals surface area contributed by atoms with Gasteiger partial charge in [-0.15, -0.1) is 13.2 Å². The summed E-state index contributed by atoms with van der Waals surface area (Å²) in [6.07, 6.45) is 9.35. The van der Waals surface area contributed by atoms with Crippen LogP contribution in [0.3, 0.4) is 0 Å². The molecule has 0 fully saturated rings. The van der Waals surface area contributed by atoms with Crippen LogP contribution >= 0.6 is 0 Å². The third kappa shape index (κ3) is 13.8. The predicted molar refractivity (Wildman–Crippen MR) is 134 cm³/mol. The second-order valence-electron chi connectivity index (χ2n) is 7.01. The van der Waals surface area contributed by atoms with Crippen LogP contribution in [0.15, 0.2) is 104 Å². The number of ether oxygens (including phenoxy) is 2. The van der Waals surface area contributed by atoms with Gasteiger partial charge in [0.1, 0.15) is 17.2 Å². The van der Waals surface area contributed by atoms with Gasteiger partial charge in [-0.3, -0.25) is 0 Å². The molecule has 2 nitrogen and oxygen atoms in total. The molecule has 0 aliphatic heterocycles. The number of para-hydroxylation sites is 3. The molecule has 3 aromatic rings.